The number of nitrogens with two attached hydrogens (primary N) is 1. The van der Waals surface area contributed by atoms with Gasteiger partial charge in [-0.25, -0.2) is 4.21 Å². The van der Waals surface area contributed by atoms with E-state index in [1.807, 2.05) is 6.07 Å². The van der Waals surface area contributed by atoms with Crippen LogP contribution in [-0.2, 0) is 24.8 Å². The van der Waals surface area contributed by atoms with Gasteiger partial charge in [-0.15, -0.1) is 10.3 Å². The van der Waals surface area contributed by atoms with Crippen molar-refractivity contribution in [1.29, 1.82) is 0 Å². The normalized spacial score (nSPS) is 12.8. The predicted molar refractivity (Wildman–Crippen MR) is 64.0 cm³/mol. The van der Waals surface area contributed by atoms with Crippen LogP contribution < -0.4 is 9.92 Å². The van der Waals surface area contributed by atoms with Crippen molar-refractivity contribution in [3.05, 3.63) is 30.3 Å². The first kappa shape index (κ1) is 12.1. The summed E-state index contributed by atoms with van der Waals surface area (Å²) in [6.45, 7) is 0. The highest BCUT2D eigenvalue weighted by Crippen LogP contribution is 2.08. The van der Waals surface area contributed by atoms with E-state index in [2.05, 4.69) is 0 Å². The topological polar surface area (TPSA) is 69.4 Å². The molecule has 0 aliphatic carbocycles. The molecule has 0 bridgehead atoms. The van der Waals surface area contributed by atoms with Crippen LogP contribution in [0.5, 0.6) is 5.75 Å². The van der Waals surface area contributed by atoms with E-state index in [1.54, 1.807) is 24.3 Å². The molecule has 0 heterocycles. The lowest BCUT2D eigenvalue weighted by atomic mass is 10.3. The molecule has 0 saturated heterocycles. The zero-order valence-electron chi connectivity index (χ0n) is 8.00. The lowest BCUT2D eigenvalue weighted by Crippen LogP contribution is -2.12. The first-order chi connectivity index (χ1) is 7.18. The molecule has 1 aromatic carbocycles. The van der Waals surface area contributed by atoms with Crippen molar-refractivity contribution < 1.29 is 13.2 Å². The molecular weight excluding hydrogens is 234 g/mol. The number of amides is 1. The number of carbonyl (C=O) groups is 1. The summed E-state index contributed by atoms with van der Waals surface area (Å²) in [5.74, 6) is 0.660. The Labute approximate surface area is 93.3 Å². The number of hydrogen-bond acceptors (Lipinski definition) is 3. The molecular formula is C9H13NO3S2. The van der Waals surface area contributed by atoms with Gasteiger partial charge in [-0.1, -0.05) is 18.2 Å². The summed E-state index contributed by atoms with van der Waals surface area (Å²) >= 11 is 0. The summed E-state index contributed by atoms with van der Waals surface area (Å²) in [5.41, 5.74) is 4.95. The molecule has 0 fully saturated rings. The van der Waals surface area contributed by atoms with Crippen LogP contribution in [0.25, 0.3) is 0 Å². The molecule has 1 unspecified atom stereocenters. The maximum atomic E-state index is 11.4. The highest BCUT2D eigenvalue weighted by Gasteiger charge is 1.92. The van der Waals surface area contributed by atoms with Gasteiger partial charge in [0.05, 0.1) is 0 Å². The van der Waals surface area contributed by atoms with E-state index >= 15 is 0 Å². The molecule has 1 atom stereocenters. The highest BCUT2D eigenvalue weighted by atomic mass is 32.8. The van der Waals surface area contributed by atoms with E-state index in [4.69, 9.17) is 9.92 Å². The highest BCUT2D eigenvalue weighted by molar-refractivity contribution is 8.27. The van der Waals surface area contributed by atoms with Crippen LogP contribution in [0.2, 0.25) is 0 Å². The number of carbonyl (C=O) groups excluding carboxylic acids is 1. The molecule has 0 spiro atoms. The van der Waals surface area contributed by atoms with Crippen molar-refractivity contribution in [3.8, 4) is 5.75 Å². The maximum absolute atomic E-state index is 11.4. The minimum Gasteiger partial charge on any atom is -0.406 e. The number of thiol groups is 2. The Morgan fingerprint density at radius 1 is 1.40 bits per heavy atom. The summed E-state index contributed by atoms with van der Waals surface area (Å²) in [7, 11) is -1.17. The Morgan fingerprint density at radius 2 is 2.07 bits per heavy atom. The number of rotatable bonds is 5. The Hall–Kier alpha value is -1.01. The Kier molecular flexibility index (Phi) is 5.20. The quantitative estimate of drug-likeness (QED) is 0.645. The van der Waals surface area contributed by atoms with E-state index in [9.17, 15) is 9.00 Å². The van der Waals surface area contributed by atoms with Gasteiger partial charge >= 0.3 is 0 Å². The molecule has 2 N–H and O–H groups in total. The fourth-order valence-corrected chi connectivity index (χ4v) is 2.93. The van der Waals surface area contributed by atoms with Gasteiger partial charge in [0.15, 0.2) is 0 Å². The lowest BCUT2D eigenvalue weighted by Gasteiger charge is -1.98. The third-order valence-corrected chi connectivity index (χ3v) is 4.06. The Bertz CT molecular complexity index is 399. The van der Waals surface area contributed by atoms with E-state index in [0.29, 0.717) is 21.8 Å². The minimum absolute atomic E-state index is 0.237. The van der Waals surface area contributed by atoms with Crippen molar-refractivity contribution in [3.63, 3.8) is 0 Å². The summed E-state index contributed by atoms with van der Waals surface area (Å²) < 4.78 is 16.5. The van der Waals surface area contributed by atoms with E-state index in [1.165, 1.54) is 0 Å². The second-order valence-electron chi connectivity index (χ2n) is 2.72. The van der Waals surface area contributed by atoms with Crippen molar-refractivity contribution in [2.45, 2.75) is 6.42 Å². The molecule has 6 heteroatoms. The van der Waals surface area contributed by atoms with Gasteiger partial charge in [-0.3, -0.25) is 4.79 Å². The van der Waals surface area contributed by atoms with Crippen molar-refractivity contribution in [2.75, 3.05) is 5.75 Å². The molecule has 1 amide bonds. The Morgan fingerprint density at radius 3 is 2.67 bits per heavy atom. The zero-order valence-corrected chi connectivity index (χ0v) is 9.79. The first-order valence-electron chi connectivity index (χ1n) is 4.34. The van der Waals surface area contributed by atoms with Gasteiger partial charge < -0.3 is 9.92 Å². The van der Waals surface area contributed by atoms with Crippen LogP contribution in [0.1, 0.15) is 6.42 Å². The zero-order chi connectivity index (χ0) is 11.1. The average Bonchev–Trinajstić information content (AvgIpc) is 2.18. The maximum Gasteiger partial charge on any atom is 0.218 e. The van der Waals surface area contributed by atoms with E-state index in [-0.39, 0.29) is 12.3 Å². The molecule has 0 radical (unpaired) electrons. The average molecular weight is 247 g/mol. The monoisotopic (exact) mass is 247 g/mol. The van der Waals surface area contributed by atoms with Crippen LogP contribution in [0.4, 0.5) is 0 Å². The summed E-state index contributed by atoms with van der Waals surface area (Å²) in [6, 6.07) is 8.93. The van der Waals surface area contributed by atoms with Gasteiger partial charge in [0.1, 0.15) is 15.4 Å². The second-order valence-corrected chi connectivity index (χ2v) is 5.94. The molecule has 84 valence electrons. The molecule has 4 nitrogen and oxygen atoms in total. The van der Waals surface area contributed by atoms with Gasteiger partial charge in [-0.05, 0) is 12.1 Å². The van der Waals surface area contributed by atoms with Crippen LogP contribution in [0.3, 0.4) is 0 Å². The fourth-order valence-electron chi connectivity index (χ4n) is 0.842. The van der Waals surface area contributed by atoms with Crippen LogP contribution in [0, 0.1) is 0 Å². The Balaban J connectivity index is 2.45. The van der Waals surface area contributed by atoms with Crippen molar-refractivity contribution in [1.82, 2.24) is 0 Å². The predicted octanol–water partition coefficient (Wildman–Crippen LogP) is 0.0667. The second kappa shape index (κ2) is 6.47. The molecule has 0 aliphatic heterocycles. The smallest absolute Gasteiger partial charge is 0.218 e. The fraction of sp³-hybridized carbons (Fsp3) is 0.222. The van der Waals surface area contributed by atoms with E-state index in [0.717, 1.165) is 0 Å². The molecule has 0 saturated carbocycles. The van der Waals surface area contributed by atoms with Crippen LogP contribution >= 0.6 is 0 Å². The lowest BCUT2D eigenvalue weighted by molar-refractivity contribution is -0.117. The minimum atomic E-state index is -1.77. The third-order valence-electron chi connectivity index (χ3n) is 1.50. The largest absolute Gasteiger partial charge is 0.406 e. The van der Waals surface area contributed by atoms with Crippen LogP contribution in [-0.4, -0.2) is 15.9 Å². The molecule has 1 aromatic rings. The van der Waals surface area contributed by atoms with Crippen LogP contribution in [0.15, 0.2) is 30.3 Å². The summed E-state index contributed by atoms with van der Waals surface area (Å²) in [6.07, 6.45) is 0.237. The van der Waals surface area contributed by atoms with E-state index < -0.39 is 9.64 Å². The first-order valence-corrected chi connectivity index (χ1v) is 7.31. The third kappa shape index (κ3) is 5.44. The molecule has 0 aromatic heterocycles. The van der Waals surface area contributed by atoms with Gasteiger partial charge in [0.2, 0.25) is 5.91 Å². The number of primary amides is 1. The van der Waals surface area contributed by atoms with Gasteiger partial charge in [0.25, 0.3) is 0 Å². The summed E-state index contributed by atoms with van der Waals surface area (Å²) in [4.78, 5) is 10.4. The molecule has 0 aliphatic rings. The SMILES string of the molecule is NC(=O)CC/[SH]=[SH](=O)/Oc1ccccc1. The van der Waals surface area contributed by atoms with Crippen molar-refractivity contribution >= 4 is 25.9 Å². The standard InChI is InChI=1S/C9H13NO3S2/c10-9(11)6-7-14-15(12)13-8-4-2-1-3-5-8/h1-5,14-15H,6-7H2,(H2,10,11). The number of benzene rings is 1. The van der Waals surface area contributed by atoms with Gasteiger partial charge in [0, 0.05) is 12.2 Å². The molecule has 15 heavy (non-hydrogen) atoms. The summed E-state index contributed by atoms with van der Waals surface area (Å²) in [5, 5.41) is 0. The number of para-hydroxylation sites is 1. The molecule has 1 rings (SSSR count). The number of hydrogen-bond donors (Lipinski definition) is 3. The van der Waals surface area contributed by atoms with Gasteiger partial charge in [-0.2, -0.15) is 0 Å². The van der Waals surface area contributed by atoms with Crippen molar-refractivity contribution in [2.24, 2.45) is 5.73 Å².